The molecule has 4 heteroatoms. The van der Waals surface area contributed by atoms with Crippen LogP contribution in [0.4, 0.5) is 4.39 Å². The number of halogens is 2. The number of benzene rings is 1. The number of hydrogen-bond donors (Lipinski definition) is 0. The third-order valence-electron chi connectivity index (χ3n) is 1.66. The summed E-state index contributed by atoms with van der Waals surface area (Å²) in [4.78, 5) is 11.1. The summed E-state index contributed by atoms with van der Waals surface area (Å²) in [5, 5.41) is 0. The quantitative estimate of drug-likeness (QED) is 0.782. The van der Waals surface area contributed by atoms with Gasteiger partial charge in [-0.15, -0.1) is 0 Å². The topological polar surface area (TPSA) is 26.3 Å². The molecule has 14 heavy (non-hydrogen) atoms. The Hall–Kier alpha value is -0.900. The molecule has 0 amide bonds. The van der Waals surface area contributed by atoms with Gasteiger partial charge in [0.05, 0.1) is 13.0 Å². The highest BCUT2D eigenvalue weighted by atomic mass is 79.9. The molecule has 0 saturated heterocycles. The number of carbonyl (C=O) groups excluding carboxylic acids is 1. The summed E-state index contributed by atoms with van der Waals surface area (Å²) in [5.41, 5.74) is 0.727. The van der Waals surface area contributed by atoms with Crippen LogP contribution in [-0.4, -0.2) is 12.6 Å². The van der Waals surface area contributed by atoms with Crippen molar-refractivity contribution in [2.24, 2.45) is 0 Å². The van der Waals surface area contributed by atoms with Gasteiger partial charge in [-0.1, -0.05) is 22.0 Å². The molecular weight excluding hydrogens is 251 g/mol. The molecule has 0 fully saturated rings. The van der Waals surface area contributed by atoms with E-state index in [-0.39, 0.29) is 18.2 Å². The standard InChI is InChI=1S/C10H10BrFO2/c1-2-14-10(13)5-7-3-4-8(12)6-9(7)11/h3-4,6H,2,5H2,1H3. The minimum Gasteiger partial charge on any atom is -0.466 e. The Bertz CT molecular complexity index is 339. The molecule has 0 aliphatic rings. The number of rotatable bonds is 3. The second-order valence-corrected chi connectivity index (χ2v) is 3.57. The van der Waals surface area contributed by atoms with Gasteiger partial charge in [0, 0.05) is 4.47 Å². The van der Waals surface area contributed by atoms with Crippen molar-refractivity contribution in [3.63, 3.8) is 0 Å². The van der Waals surface area contributed by atoms with Gasteiger partial charge in [-0.25, -0.2) is 4.39 Å². The van der Waals surface area contributed by atoms with Crippen LogP contribution in [0.1, 0.15) is 12.5 Å². The molecule has 0 heterocycles. The van der Waals surface area contributed by atoms with E-state index in [4.69, 9.17) is 4.74 Å². The number of esters is 1. The molecule has 1 rings (SSSR count). The van der Waals surface area contributed by atoms with Gasteiger partial charge in [0.1, 0.15) is 5.82 Å². The summed E-state index contributed by atoms with van der Waals surface area (Å²) in [6, 6.07) is 4.21. The van der Waals surface area contributed by atoms with Crippen molar-refractivity contribution >= 4 is 21.9 Å². The van der Waals surface area contributed by atoms with E-state index < -0.39 is 0 Å². The summed E-state index contributed by atoms with van der Waals surface area (Å²) in [6.07, 6.45) is 0.161. The Labute approximate surface area is 90.2 Å². The Morgan fingerprint density at radius 2 is 2.29 bits per heavy atom. The van der Waals surface area contributed by atoms with Crippen LogP contribution in [0.25, 0.3) is 0 Å². The summed E-state index contributed by atoms with van der Waals surface area (Å²) in [6.45, 7) is 2.11. The fourth-order valence-electron chi connectivity index (χ4n) is 1.03. The summed E-state index contributed by atoms with van der Waals surface area (Å²) >= 11 is 3.18. The van der Waals surface area contributed by atoms with Crippen molar-refractivity contribution in [3.05, 3.63) is 34.1 Å². The molecule has 1 aromatic carbocycles. The van der Waals surface area contributed by atoms with Crippen LogP contribution in [0.3, 0.4) is 0 Å². The van der Waals surface area contributed by atoms with Crippen LogP contribution in [-0.2, 0) is 16.0 Å². The third kappa shape index (κ3) is 3.10. The predicted molar refractivity (Wildman–Crippen MR) is 54.4 cm³/mol. The molecule has 2 nitrogen and oxygen atoms in total. The van der Waals surface area contributed by atoms with Gasteiger partial charge in [0.25, 0.3) is 0 Å². The molecule has 0 spiro atoms. The fraction of sp³-hybridized carbons (Fsp3) is 0.300. The van der Waals surface area contributed by atoms with Crippen molar-refractivity contribution in [2.45, 2.75) is 13.3 Å². The molecule has 76 valence electrons. The maximum Gasteiger partial charge on any atom is 0.310 e. The molecule has 0 bridgehead atoms. The lowest BCUT2D eigenvalue weighted by molar-refractivity contribution is -0.142. The van der Waals surface area contributed by atoms with Crippen molar-refractivity contribution in [2.75, 3.05) is 6.61 Å². The van der Waals surface area contributed by atoms with E-state index in [0.29, 0.717) is 11.1 Å². The lowest BCUT2D eigenvalue weighted by Gasteiger charge is -2.04. The van der Waals surface area contributed by atoms with E-state index in [1.807, 2.05) is 0 Å². The zero-order valence-electron chi connectivity index (χ0n) is 7.72. The van der Waals surface area contributed by atoms with Crippen LogP contribution in [0.15, 0.2) is 22.7 Å². The Balaban J connectivity index is 2.72. The van der Waals surface area contributed by atoms with E-state index in [1.165, 1.54) is 12.1 Å². The fourth-order valence-corrected chi connectivity index (χ4v) is 1.52. The van der Waals surface area contributed by atoms with E-state index >= 15 is 0 Å². The lowest BCUT2D eigenvalue weighted by Crippen LogP contribution is -2.07. The van der Waals surface area contributed by atoms with E-state index in [9.17, 15) is 9.18 Å². The Kier molecular flexibility index (Phi) is 4.07. The first-order chi connectivity index (χ1) is 6.63. The van der Waals surface area contributed by atoms with Crippen LogP contribution < -0.4 is 0 Å². The van der Waals surface area contributed by atoms with Crippen LogP contribution in [0, 0.1) is 5.82 Å². The maximum atomic E-state index is 12.7. The SMILES string of the molecule is CCOC(=O)Cc1ccc(F)cc1Br. The largest absolute Gasteiger partial charge is 0.466 e. The first-order valence-electron chi connectivity index (χ1n) is 4.23. The zero-order valence-corrected chi connectivity index (χ0v) is 9.30. The minimum atomic E-state index is -0.329. The monoisotopic (exact) mass is 260 g/mol. The zero-order chi connectivity index (χ0) is 10.6. The summed E-state index contributed by atoms with van der Waals surface area (Å²) < 4.78 is 18.1. The second kappa shape index (κ2) is 5.10. The molecule has 0 aromatic heterocycles. The highest BCUT2D eigenvalue weighted by molar-refractivity contribution is 9.10. The van der Waals surface area contributed by atoms with Gasteiger partial charge in [-0.2, -0.15) is 0 Å². The molecule has 0 N–H and O–H groups in total. The Morgan fingerprint density at radius 3 is 2.86 bits per heavy atom. The van der Waals surface area contributed by atoms with Gasteiger partial charge in [-0.05, 0) is 24.6 Å². The first-order valence-corrected chi connectivity index (χ1v) is 5.02. The van der Waals surface area contributed by atoms with Crippen molar-refractivity contribution in [3.8, 4) is 0 Å². The second-order valence-electron chi connectivity index (χ2n) is 2.72. The number of ether oxygens (including phenoxy) is 1. The molecule has 0 saturated carbocycles. The first kappa shape index (κ1) is 11.2. The number of hydrogen-bond acceptors (Lipinski definition) is 2. The molecule has 0 unspecified atom stereocenters. The molecule has 0 aliphatic heterocycles. The minimum absolute atomic E-state index is 0.161. The Morgan fingerprint density at radius 1 is 1.57 bits per heavy atom. The van der Waals surface area contributed by atoms with Gasteiger partial charge >= 0.3 is 5.97 Å². The van der Waals surface area contributed by atoms with Gasteiger partial charge in [0.2, 0.25) is 0 Å². The summed E-state index contributed by atoms with van der Waals surface area (Å²) in [5.74, 6) is -0.635. The van der Waals surface area contributed by atoms with Crippen molar-refractivity contribution in [1.82, 2.24) is 0 Å². The molecular formula is C10H10BrFO2. The number of carbonyl (C=O) groups is 1. The van der Waals surface area contributed by atoms with E-state index in [2.05, 4.69) is 15.9 Å². The summed E-state index contributed by atoms with van der Waals surface area (Å²) in [7, 11) is 0. The van der Waals surface area contributed by atoms with Crippen LogP contribution >= 0.6 is 15.9 Å². The molecule has 0 radical (unpaired) electrons. The van der Waals surface area contributed by atoms with Gasteiger partial charge in [0.15, 0.2) is 0 Å². The highest BCUT2D eigenvalue weighted by Gasteiger charge is 2.07. The van der Waals surface area contributed by atoms with Crippen LogP contribution in [0.5, 0.6) is 0 Å². The molecule has 0 aliphatic carbocycles. The van der Waals surface area contributed by atoms with Crippen molar-refractivity contribution in [1.29, 1.82) is 0 Å². The smallest absolute Gasteiger partial charge is 0.310 e. The van der Waals surface area contributed by atoms with Gasteiger partial charge in [-0.3, -0.25) is 4.79 Å². The average Bonchev–Trinajstić information content (AvgIpc) is 2.10. The van der Waals surface area contributed by atoms with Gasteiger partial charge < -0.3 is 4.74 Å². The third-order valence-corrected chi connectivity index (χ3v) is 2.39. The molecule has 0 atom stereocenters. The highest BCUT2D eigenvalue weighted by Crippen LogP contribution is 2.18. The lowest BCUT2D eigenvalue weighted by atomic mass is 10.1. The van der Waals surface area contributed by atoms with E-state index in [0.717, 1.165) is 5.56 Å². The molecule has 1 aromatic rings. The van der Waals surface area contributed by atoms with Crippen molar-refractivity contribution < 1.29 is 13.9 Å². The average molecular weight is 261 g/mol. The van der Waals surface area contributed by atoms with Crippen LogP contribution in [0.2, 0.25) is 0 Å². The van der Waals surface area contributed by atoms with E-state index in [1.54, 1.807) is 13.0 Å². The predicted octanol–water partition coefficient (Wildman–Crippen LogP) is 2.69. The normalized spacial score (nSPS) is 9.93. The maximum absolute atomic E-state index is 12.7.